The molecule has 208 valence electrons. The molecule has 10 nitrogen and oxygen atoms in total. The van der Waals surface area contributed by atoms with Crippen molar-refractivity contribution in [2.24, 2.45) is 11.8 Å². The summed E-state index contributed by atoms with van der Waals surface area (Å²) in [6.07, 6.45) is 3.10. The standard InChI is InChI=1S/C29H31N5O5S/c1-20-7-6-10-23(15-20)40(37,38)34(27-16-31-28-25(32-27)11-13-30-28)18-26(35)24-17-33(14-12-21(24)2)29(36)39-19-22-8-4-3-5-9-22/h3-11,13,15-16,21,24H,12,14,17-19H2,1-2H3,(H,30,31). The number of hydrogen-bond donors (Lipinski definition) is 1. The lowest BCUT2D eigenvalue weighted by Crippen LogP contribution is -2.49. The van der Waals surface area contributed by atoms with E-state index in [1.165, 1.54) is 17.2 Å². The van der Waals surface area contributed by atoms with Gasteiger partial charge in [0.05, 0.1) is 17.6 Å². The molecule has 40 heavy (non-hydrogen) atoms. The van der Waals surface area contributed by atoms with E-state index in [1.54, 1.807) is 37.4 Å². The monoisotopic (exact) mass is 561 g/mol. The molecule has 0 bridgehead atoms. The SMILES string of the molecule is Cc1cccc(S(=O)(=O)N(CC(=O)C2CN(C(=O)OCc3ccccc3)CCC2C)c2cnc3[nH]ccc3n2)c1. The van der Waals surface area contributed by atoms with Crippen molar-refractivity contribution in [2.45, 2.75) is 31.8 Å². The van der Waals surface area contributed by atoms with Crippen LogP contribution in [0, 0.1) is 18.8 Å². The van der Waals surface area contributed by atoms with Crippen molar-refractivity contribution in [3.05, 3.63) is 84.2 Å². The first-order valence-corrected chi connectivity index (χ1v) is 14.5. The number of aryl methyl sites for hydroxylation is 1. The Bertz CT molecular complexity index is 1620. The van der Waals surface area contributed by atoms with Gasteiger partial charge in [0.2, 0.25) is 0 Å². The van der Waals surface area contributed by atoms with Crippen LogP contribution in [0.4, 0.5) is 10.6 Å². The van der Waals surface area contributed by atoms with Crippen LogP contribution in [0.15, 0.2) is 78.0 Å². The molecule has 4 aromatic rings. The Morgan fingerprint density at radius 3 is 2.70 bits per heavy atom. The largest absolute Gasteiger partial charge is 0.445 e. The van der Waals surface area contributed by atoms with Crippen LogP contribution < -0.4 is 4.31 Å². The van der Waals surface area contributed by atoms with Crippen LogP contribution in [0.2, 0.25) is 0 Å². The number of nitrogens with zero attached hydrogens (tertiary/aromatic N) is 4. The lowest BCUT2D eigenvalue weighted by molar-refractivity contribution is -0.124. The first kappa shape index (κ1) is 27.3. The van der Waals surface area contributed by atoms with E-state index in [4.69, 9.17) is 4.74 Å². The van der Waals surface area contributed by atoms with E-state index in [0.29, 0.717) is 24.1 Å². The lowest BCUT2D eigenvalue weighted by Gasteiger charge is -2.36. The molecule has 0 spiro atoms. The summed E-state index contributed by atoms with van der Waals surface area (Å²) in [5.74, 6) is -0.880. The maximum atomic E-state index is 13.9. The van der Waals surface area contributed by atoms with Crippen molar-refractivity contribution in [3.8, 4) is 0 Å². The second kappa shape index (κ2) is 11.5. The molecule has 1 N–H and O–H groups in total. The molecular weight excluding hydrogens is 530 g/mol. The van der Waals surface area contributed by atoms with Crippen LogP contribution in [0.25, 0.3) is 11.2 Å². The fourth-order valence-corrected chi connectivity index (χ4v) is 6.33. The van der Waals surface area contributed by atoms with E-state index in [-0.39, 0.29) is 35.6 Å². The number of carbonyl (C=O) groups is 2. The number of Topliss-reactive ketones (excluding diaryl/α,β-unsaturated/α-hetero) is 1. The summed E-state index contributed by atoms with van der Waals surface area (Å²) in [5, 5.41) is 0. The quantitative estimate of drug-likeness (QED) is 0.339. The predicted octanol–water partition coefficient (Wildman–Crippen LogP) is 4.33. The molecule has 1 aliphatic heterocycles. The number of aromatic amines is 1. The second-order valence-corrected chi connectivity index (χ2v) is 12.0. The van der Waals surface area contributed by atoms with Gasteiger partial charge in [-0.3, -0.25) is 4.79 Å². The van der Waals surface area contributed by atoms with E-state index in [1.807, 2.05) is 37.3 Å². The van der Waals surface area contributed by atoms with Crippen molar-refractivity contribution in [1.82, 2.24) is 19.9 Å². The Hall–Kier alpha value is -4.25. The van der Waals surface area contributed by atoms with E-state index >= 15 is 0 Å². The summed E-state index contributed by atoms with van der Waals surface area (Å²) in [4.78, 5) is 39.9. The number of fused-ring (bicyclic) bond motifs is 1. The van der Waals surface area contributed by atoms with Crippen LogP contribution in [-0.2, 0) is 26.2 Å². The van der Waals surface area contributed by atoms with Crippen molar-refractivity contribution in [2.75, 3.05) is 23.9 Å². The Kier molecular flexibility index (Phi) is 7.83. The van der Waals surface area contributed by atoms with Gasteiger partial charge in [-0.1, -0.05) is 49.4 Å². The zero-order chi connectivity index (χ0) is 28.3. The highest BCUT2D eigenvalue weighted by molar-refractivity contribution is 7.92. The molecule has 2 aromatic heterocycles. The Morgan fingerprint density at radius 1 is 1.12 bits per heavy atom. The van der Waals surface area contributed by atoms with Crippen LogP contribution in [-0.4, -0.2) is 59.8 Å². The molecule has 2 atom stereocenters. The number of likely N-dealkylation sites (tertiary alicyclic amines) is 1. The minimum Gasteiger partial charge on any atom is -0.445 e. The average molecular weight is 562 g/mol. The van der Waals surface area contributed by atoms with Crippen LogP contribution in [0.3, 0.4) is 0 Å². The highest BCUT2D eigenvalue weighted by atomic mass is 32.2. The Morgan fingerprint density at radius 2 is 1.93 bits per heavy atom. The molecule has 11 heteroatoms. The van der Waals surface area contributed by atoms with Crippen LogP contribution in [0.1, 0.15) is 24.5 Å². The maximum Gasteiger partial charge on any atom is 0.410 e. The van der Waals surface area contributed by atoms with Gasteiger partial charge >= 0.3 is 6.09 Å². The predicted molar refractivity (Wildman–Crippen MR) is 150 cm³/mol. The number of ether oxygens (including phenoxy) is 1. The summed E-state index contributed by atoms with van der Waals surface area (Å²) >= 11 is 0. The van der Waals surface area contributed by atoms with E-state index in [9.17, 15) is 18.0 Å². The number of piperidine rings is 1. The number of H-pyrrole nitrogens is 1. The van der Waals surface area contributed by atoms with Gasteiger partial charge in [-0.25, -0.2) is 27.5 Å². The van der Waals surface area contributed by atoms with Gasteiger partial charge in [-0.05, 0) is 48.6 Å². The minimum atomic E-state index is -4.15. The number of benzene rings is 2. The number of anilines is 1. The second-order valence-electron chi connectivity index (χ2n) is 10.1. The number of carbonyl (C=O) groups excluding carboxylic acids is 2. The summed E-state index contributed by atoms with van der Waals surface area (Å²) in [5.41, 5.74) is 2.62. The molecule has 0 radical (unpaired) electrons. The van der Waals surface area contributed by atoms with Gasteiger partial charge in [0.25, 0.3) is 10.0 Å². The third kappa shape index (κ3) is 5.84. The summed E-state index contributed by atoms with van der Waals surface area (Å²) in [6, 6.07) is 17.6. The number of hydrogen-bond acceptors (Lipinski definition) is 7. The number of rotatable bonds is 8. The van der Waals surface area contributed by atoms with Crippen LogP contribution >= 0.6 is 0 Å². The number of aromatic nitrogens is 3. The Balaban J connectivity index is 1.38. The zero-order valence-corrected chi connectivity index (χ0v) is 23.2. The highest BCUT2D eigenvalue weighted by Crippen LogP contribution is 2.28. The van der Waals surface area contributed by atoms with Gasteiger partial charge in [0.1, 0.15) is 12.1 Å². The van der Waals surface area contributed by atoms with Gasteiger partial charge in [0.15, 0.2) is 17.2 Å². The van der Waals surface area contributed by atoms with E-state index in [2.05, 4.69) is 15.0 Å². The molecule has 2 unspecified atom stereocenters. The number of nitrogens with one attached hydrogen (secondary N) is 1. The van der Waals surface area contributed by atoms with E-state index in [0.717, 1.165) is 15.4 Å². The molecule has 3 heterocycles. The zero-order valence-electron chi connectivity index (χ0n) is 22.4. The van der Waals surface area contributed by atoms with Gasteiger partial charge < -0.3 is 14.6 Å². The first-order valence-electron chi connectivity index (χ1n) is 13.1. The van der Waals surface area contributed by atoms with Gasteiger partial charge in [-0.15, -0.1) is 0 Å². The fourth-order valence-electron chi connectivity index (χ4n) is 4.86. The molecule has 1 fully saturated rings. The molecule has 0 aliphatic carbocycles. The van der Waals surface area contributed by atoms with Crippen molar-refractivity contribution < 1.29 is 22.7 Å². The molecular formula is C29H31N5O5S. The highest BCUT2D eigenvalue weighted by Gasteiger charge is 2.37. The lowest BCUT2D eigenvalue weighted by atomic mass is 9.84. The molecule has 1 aliphatic rings. The van der Waals surface area contributed by atoms with Crippen LogP contribution in [0.5, 0.6) is 0 Å². The summed E-state index contributed by atoms with van der Waals surface area (Å²) in [6.45, 7) is 4.04. The summed E-state index contributed by atoms with van der Waals surface area (Å²) < 4.78 is 34.2. The number of ketones is 1. The van der Waals surface area contributed by atoms with Gasteiger partial charge in [0, 0.05) is 25.2 Å². The maximum absolute atomic E-state index is 13.9. The Labute approximate surface area is 233 Å². The third-order valence-electron chi connectivity index (χ3n) is 7.22. The van der Waals surface area contributed by atoms with Gasteiger partial charge in [-0.2, -0.15) is 0 Å². The molecule has 0 saturated carbocycles. The first-order chi connectivity index (χ1) is 19.2. The molecule has 2 aromatic carbocycles. The molecule has 1 amide bonds. The number of sulfonamides is 1. The smallest absolute Gasteiger partial charge is 0.410 e. The minimum absolute atomic E-state index is 0.0459. The third-order valence-corrected chi connectivity index (χ3v) is 8.96. The van der Waals surface area contributed by atoms with E-state index < -0.39 is 28.6 Å². The van der Waals surface area contributed by atoms with Crippen molar-refractivity contribution in [3.63, 3.8) is 0 Å². The summed E-state index contributed by atoms with van der Waals surface area (Å²) in [7, 11) is -4.15. The van der Waals surface area contributed by atoms with Crippen molar-refractivity contribution >= 4 is 38.9 Å². The average Bonchev–Trinajstić information content (AvgIpc) is 3.43. The molecule has 5 rings (SSSR count). The number of amides is 1. The van der Waals surface area contributed by atoms with Crippen molar-refractivity contribution in [1.29, 1.82) is 0 Å². The molecule has 1 saturated heterocycles. The fraction of sp³-hybridized carbons (Fsp3) is 0.310. The topological polar surface area (TPSA) is 126 Å². The normalized spacial score (nSPS) is 17.5.